The lowest BCUT2D eigenvalue weighted by Crippen LogP contribution is -2.58. The number of nitrogens with zero attached hydrogens (tertiary/aromatic N) is 3. The Bertz CT molecular complexity index is 1060. The normalized spacial score (nSPS) is 17.0. The monoisotopic (exact) mass is 475 g/mol. The highest BCUT2D eigenvalue weighted by atomic mass is 35.5. The first-order chi connectivity index (χ1) is 14.6. The van der Waals surface area contributed by atoms with Crippen LogP contribution in [-0.4, -0.2) is 42.1 Å². The van der Waals surface area contributed by atoms with Crippen molar-refractivity contribution in [1.82, 2.24) is 15.3 Å². The molecule has 0 atom stereocenters. The molecule has 5 rings (SSSR count). The summed E-state index contributed by atoms with van der Waals surface area (Å²) in [6.45, 7) is 4.37. The van der Waals surface area contributed by atoms with E-state index in [0.29, 0.717) is 21.3 Å². The molecule has 162 valence electrons. The number of hydrogen-bond acceptors (Lipinski definition) is 6. The summed E-state index contributed by atoms with van der Waals surface area (Å²) in [5, 5.41) is 9.27. The van der Waals surface area contributed by atoms with Gasteiger partial charge in [0.2, 0.25) is 0 Å². The van der Waals surface area contributed by atoms with Gasteiger partial charge in [0.1, 0.15) is 5.69 Å². The zero-order chi connectivity index (χ0) is 20.6. The second-order valence-electron chi connectivity index (χ2n) is 7.96. The molecule has 0 aliphatic carbocycles. The van der Waals surface area contributed by atoms with Crippen molar-refractivity contribution in [3.8, 4) is 11.3 Å². The van der Waals surface area contributed by atoms with Crippen LogP contribution in [0.2, 0.25) is 5.02 Å². The van der Waals surface area contributed by atoms with E-state index >= 15 is 0 Å². The third kappa shape index (κ3) is 4.55. The maximum absolute atomic E-state index is 12.6. The fraction of sp³-hybridized carbons (Fsp3) is 0.318. The lowest BCUT2D eigenvalue weighted by atomic mass is 9.73. The Morgan fingerprint density at radius 2 is 1.94 bits per heavy atom. The lowest BCUT2D eigenvalue weighted by molar-refractivity contribution is 0.102. The summed E-state index contributed by atoms with van der Waals surface area (Å²) >= 11 is 7.60. The Morgan fingerprint density at radius 1 is 1.16 bits per heavy atom. The minimum absolute atomic E-state index is 0. The van der Waals surface area contributed by atoms with Crippen LogP contribution in [0.5, 0.6) is 0 Å². The molecule has 0 radical (unpaired) electrons. The van der Waals surface area contributed by atoms with Gasteiger partial charge in [-0.1, -0.05) is 29.8 Å². The van der Waals surface area contributed by atoms with Crippen LogP contribution >= 0.6 is 35.3 Å². The smallest absolute Gasteiger partial charge is 0.276 e. The summed E-state index contributed by atoms with van der Waals surface area (Å²) < 4.78 is 0. The van der Waals surface area contributed by atoms with Crippen molar-refractivity contribution < 1.29 is 4.79 Å². The zero-order valence-corrected chi connectivity index (χ0v) is 19.2. The second-order valence-corrected chi connectivity index (χ2v) is 9.23. The van der Waals surface area contributed by atoms with Crippen molar-refractivity contribution >= 4 is 52.1 Å². The SMILES string of the molecule is Cl.O=C(Nc1nc(-c2ccccc2Cl)cs1)c1ccc(N2CCC3(CC2)CNC3)cn1. The highest BCUT2D eigenvalue weighted by Gasteiger charge is 2.39. The van der Waals surface area contributed by atoms with Crippen molar-refractivity contribution in [2.75, 3.05) is 36.4 Å². The van der Waals surface area contributed by atoms with Gasteiger partial charge in [-0.05, 0) is 36.5 Å². The minimum atomic E-state index is -0.264. The number of thiazole rings is 1. The van der Waals surface area contributed by atoms with Crippen LogP contribution in [0.4, 0.5) is 10.8 Å². The van der Waals surface area contributed by atoms with Gasteiger partial charge in [-0.15, -0.1) is 23.7 Å². The fourth-order valence-electron chi connectivity index (χ4n) is 4.06. The molecule has 3 aromatic rings. The largest absolute Gasteiger partial charge is 0.370 e. The fourth-order valence-corrected chi connectivity index (χ4v) is 5.00. The molecule has 2 aliphatic rings. The molecule has 0 unspecified atom stereocenters. The van der Waals surface area contributed by atoms with Gasteiger partial charge < -0.3 is 10.2 Å². The summed E-state index contributed by atoms with van der Waals surface area (Å²) in [6.07, 6.45) is 4.21. The topological polar surface area (TPSA) is 70.2 Å². The Hall–Kier alpha value is -2.19. The molecule has 1 aromatic carbocycles. The van der Waals surface area contributed by atoms with E-state index in [1.54, 1.807) is 12.3 Å². The van der Waals surface area contributed by atoms with Crippen molar-refractivity contribution in [1.29, 1.82) is 0 Å². The maximum Gasteiger partial charge on any atom is 0.276 e. The molecular formula is C22H23Cl2N5OS. The number of carbonyl (C=O) groups excluding carboxylic acids is 1. The van der Waals surface area contributed by atoms with Gasteiger partial charge in [0.25, 0.3) is 5.91 Å². The second kappa shape index (κ2) is 9.12. The summed E-state index contributed by atoms with van der Waals surface area (Å²) in [4.78, 5) is 23.8. The number of piperidine rings is 1. The highest BCUT2D eigenvalue weighted by molar-refractivity contribution is 7.14. The Labute approximate surface area is 196 Å². The van der Waals surface area contributed by atoms with E-state index in [-0.39, 0.29) is 18.3 Å². The molecule has 0 bridgehead atoms. The molecule has 1 amide bonds. The molecule has 2 aromatic heterocycles. The average molecular weight is 476 g/mol. The maximum atomic E-state index is 12.6. The van der Waals surface area contributed by atoms with Gasteiger partial charge in [0.05, 0.1) is 17.6 Å². The van der Waals surface area contributed by atoms with E-state index < -0.39 is 0 Å². The first kappa shape index (κ1) is 22.0. The molecule has 4 heterocycles. The van der Waals surface area contributed by atoms with Crippen molar-refractivity contribution in [2.24, 2.45) is 5.41 Å². The van der Waals surface area contributed by atoms with Crippen molar-refractivity contribution in [3.63, 3.8) is 0 Å². The number of benzene rings is 1. The van der Waals surface area contributed by atoms with Crippen LogP contribution in [0.25, 0.3) is 11.3 Å². The first-order valence-electron chi connectivity index (χ1n) is 10.1. The first-order valence-corrected chi connectivity index (χ1v) is 11.3. The molecule has 2 aliphatic heterocycles. The third-order valence-electron chi connectivity index (χ3n) is 6.04. The number of hydrogen-bond donors (Lipinski definition) is 2. The molecule has 2 N–H and O–H groups in total. The third-order valence-corrected chi connectivity index (χ3v) is 7.13. The van der Waals surface area contributed by atoms with Crippen LogP contribution in [-0.2, 0) is 0 Å². The number of rotatable bonds is 4. The molecule has 1 spiro atoms. The summed E-state index contributed by atoms with van der Waals surface area (Å²) in [5.74, 6) is -0.264. The molecule has 31 heavy (non-hydrogen) atoms. The minimum Gasteiger partial charge on any atom is -0.370 e. The number of carbonyl (C=O) groups is 1. The molecule has 6 nitrogen and oxygen atoms in total. The number of nitrogens with one attached hydrogen (secondary N) is 2. The van der Waals surface area contributed by atoms with E-state index in [1.165, 1.54) is 24.2 Å². The van der Waals surface area contributed by atoms with Crippen LogP contribution in [0, 0.1) is 5.41 Å². The highest BCUT2D eigenvalue weighted by Crippen LogP contribution is 2.36. The predicted molar refractivity (Wildman–Crippen MR) is 129 cm³/mol. The van der Waals surface area contributed by atoms with Gasteiger partial charge >= 0.3 is 0 Å². The van der Waals surface area contributed by atoms with E-state index in [2.05, 4.69) is 25.5 Å². The zero-order valence-electron chi connectivity index (χ0n) is 16.8. The standard InChI is InChI=1S/C22H22ClN5OS.ClH/c23-17-4-2-1-3-16(17)19-12-30-21(26-19)27-20(29)18-6-5-15(11-25-18)28-9-7-22(8-10-28)13-24-14-22;/h1-6,11-12,24H,7-10,13-14H2,(H,26,27,29);1H. The van der Waals surface area contributed by atoms with Crippen molar-refractivity contribution in [3.05, 3.63) is 58.7 Å². The quantitative estimate of drug-likeness (QED) is 0.570. The molecular weight excluding hydrogens is 453 g/mol. The number of amides is 1. The van der Waals surface area contributed by atoms with Gasteiger partial charge in [0.15, 0.2) is 5.13 Å². The van der Waals surface area contributed by atoms with Crippen LogP contribution < -0.4 is 15.5 Å². The molecule has 2 saturated heterocycles. The molecule has 2 fully saturated rings. The number of aromatic nitrogens is 2. The van der Waals surface area contributed by atoms with Gasteiger partial charge in [0, 0.05) is 42.1 Å². The van der Waals surface area contributed by atoms with E-state index in [4.69, 9.17) is 11.6 Å². The van der Waals surface area contributed by atoms with Gasteiger partial charge in [-0.2, -0.15) is 0 Å². The Morgan fingerprint density at radius 3 is 2.58 bits per heavy atom. The Balaban J connectivity index is 0.00000231. The average Bonchev–Trinajstić information content (AvgIpc) is 3.21. The van der Waals surface area contributed by atoms with E-state index in [1.807, 2.05) is 35.7 Å². The predicted octanol–water partition coefficient (Wildman–Crippen LogP) is 4.72. The van der Waals surface area contributed by atoms with Gasteiger partial charge in [-0.25, -0.2) is 9.97 Å². The summed E-state index contributed by atoms with van der Waals surface area (Å²) in [6, 6.07) is 11.3. The van der Waals surface area contributed by atoms with E-state index in [9.17, 15) is 4.79 Å². The lowest BCUT2D eigenvalue weighted by Gasteiger charge is -2.48. The van der Waals surface area contributed by atoms with Crippen LogP contribution in [0.3, 0.4) is 0 Å². The number of anilines is 2. The van der Waals surface area contributed by atoms with Crippen LogP contribution in [0.1, 0.15) is 23.3 Å². The van der Waals surface area contributed by atoms with Crippen molar-refractivity contribution in [2.45, 2.75) is 12.8 Å². The summed E-state index contributed by atoms with van der Waals surface area (Å²) in [7, 11) is 0. The molecule has 0 saturated carbocycles. The van der Waals surface area contributed by atoms with Gasteiger partial charge in [-0.3, -0.25) is 10.1 Å². The number of pyridine rings is 1. The van der Waals surface area contributed by atoms with E-state index in [0.717, 1.165) is 43.1 Å². The van der Waals surface area contributed by atoms with Crippen LogP contribution in [0.15, 0.2) is 48.0 Å². The Kier molecular flexibility index (Phi) is 6.48. The number of halogens is 2. The molecule has 9 heteroatoms. The summed E-state index contributed by atoms with van der Waals surface area (Å²) in [5.41, 5.74) is 3.56.